The summed E-state index contributed by atoms with van der Waals surface area (Å²) in [5.41, 5.74) is 0.757. The van der Waals surface area contributed by atoms with E-state index < -0.39 is 0 Å². The Kier molecular flexibility index (Phi) is 2.19. The molecule has 1 heteroatoms. The van der Waals surface area contributed by atoms with E-state index in [0.717, 1.165) is 35.5 Å². The molecule has 0 spiro atoms. The van der Waals surface area contributed by atoms with Crippen molar-refractivity contribution in [1.29, 1.82) is 0 Å². The zero-order valence-corrected chi connectivity index (χ0v) is 13.3. The molecule has 1 nitrogen and oxygen atoms in total. The van der Waals surface area contributed by atoms with Crippen molar-refractivity contribution in [2.24, 2.45) is 46.3 Å². The number of rotatable bonds is 2. The summed E-state index contributed by atoms with van der Waals surface area (Å²) in [6, 6.07) is 0. The second kappa shape index (κ2) is 3.71. The second-order valence-electron chi connectivity index (χ2n) is 10.5. The van der Waals surface area contributed by atoms with Crippen molar-refractivity contribution >= 4 is 0 Å². The Hall–Kier alpha value is -0.0400. The molecule has 8 fully saturated rings. The number of hydrogen-bond acceptors (Lipinski definition) is 1. The molecule has 0 aliphatic heterocycles. The average Bonchev–Trinajstić information content (AvgIpc) is 2.82. The Morgan fingerprint density at radius 3 is 1.52 bits per heavy atom. The third kappa shape index (κ3) is 1.44. The van der Waals surface area contributed by atoms with Crippen molar-refractivity contribution in [2.45, 2.75) is 76.7 Å². The largest absolute Gasteiger partial charge is 0.392 e. The maximum Gasteiger partial charge on any atom is 0.0655 e. The molecule has 0 heterocycles. The van der Waals surface area contributed by atoms with Crippen LogP contribution in [0.2, 0.25) is 0 Å². The highest BCUT2D eigenvalue weighted by Gasteiger charge is 2.66. The fourth-order valence-corrected chi connectivity index (χ4v) is 9.43. The first-order valence-electron chi connectivity index (χ1n) is 9.83. The van der Waals surface area contributed by atoms with E-state index >= 15 is 0 Å². The van der Waals surface area contributed by atoms with Gasteiger partial charge < -0.3 is 5.11 Å². The predicted molar refractivity (Wildman–Crippen MR) is 82.6 cm³/mol. The van der Waals surface area contributed by atoms with E-state index in [4.69, 9.17) is 0 Å². The Balaban J connectivity index is 1.38. The van der Waals surface area contributed by atoms with Gasteiger partial charge in [0, 0.05) is 5.41 Å². The third-order valence-corrected chi connectivity index (χ3v) is 9.26. The summed E-state index contributed by atoms with van der Waals surface area (Å²) in [5, 5.41) is 11.7. The molecule has 8 saturated carbocycles. The van der Waals surface area contributed by atoms with Crippen LogP contribution in [-0.2, 0) is 0 Å². The zero-order chi connectivity index (χ0) is 13.8. The molecule has 0 saturated heterocycles. The van der Waals surface area contributed by atoms with Crippen LogP contribution in [0.3, 0.4) is 0 Å². The van der Waals surface area contributed by atoms with E-state index in [1.165, 1.54) is 70.6 Å². The van der Waals surface area contributed by atoms with Crippen molar-refractivity contribution < 1.29 is 5.11 Å². The normalized spacial score (nSPS) is 64.4. The first-order chi connectivity index (χ1) is 10.2. The van der Waals surface area contributed by atoms with Gasteiger partial charge in [-0.1, -0.05) is 0 Å². The summed E-state index contributed by atoms with van der Waals surface area (Å²) < 4.78 is 0. The van der Waals surface area contributed by atoms with Crippen LogP contribution in [0, 0.1) is 46.3 Å². The summed E-state index contributed by atoms with van der Waals surface area (Å²) >= 11 is 0. The maximum absolute atomic E-state index is 11.7. The Morgan fingerprint density at radius 1 is 0.619 bits per heavy atom. The summed E-state index contributed by atoms with van der Waals surface area (Å²) in [6.07, 6.45) is 16.0. The highest BCUT2D eigenvalue weighted by atomic mass is 16.3. The molecule has 5 atom stereocenters. The van der Waals surface area contributed by atoms with Crippen molar-refractivity contribution in [3.05, 3.63) is 0 Å². The fourth-order valence-electron chi connectivity index (χ4n) is 9.43. The molecule has 0 aromatic carbocycles. The molecular weight excluding hydrogens is 256 g/mol. The van der Waals surface area contributed by atoms with Gasteiger partial charge in [-0.3, -0.25) is 0 Å². The van der Waals surface area contributed by atoms with Crippen LogP contribution in [0.1, 0.15) is 70.6 Å². The van der Waals surface area contributed by atoms with Gasteiger partial charge in [-0.25, -0.2) is 0 Å². The fraction of sp³-hybridized carbons (Fsp3) is 1.00. The topological polar surface area (TPSA) is 20.2 Å². The lowest BCUT2D eigenvalue weighted by Crippen LogP contribution is -2.57. The average molecular weight is 286 g/mol. The monoisotopic (exact) mass is 286 g/mol. The molecule has 8 aliphatic carbocycles. The smallest absolute Gasteiger partial charge is 0.0655 e. The first-order valence-corrected chi connectivity index (χ1v) is 9.83. The van der Waals surface area contributed by atoms with Gasteiger partial charge >= 0.3 is 0 Å². The van der Waals surface area contributed by atoms with Crippen LogP contribution in [0.25, 0.3) is 0 Å². The molecule has 116 valence electrons. The van der Waals surface area contributed by atoms with Crippen LogP contribution >= 0.6 is 0 Å². The highest BCUT2D eigenvalue weighted by Crippen LogP contribution is 2.72. The van der Waals surface area contributed by atoms with Crippen LogP contribution in [0.4, 0.5) is 0 Å². The van der Waals surface area contributed by atoms with Crippen LogP contribution in [0.15, 0.2) is 0 Å². The van der Waals surface area contributed by atoms with E-state index in [9.17, 15) is 5.11 Å². The minimum absolute atomic E-state index is 0.0682. The molecule has 3 unspecified atom stereocenters. The standard InChI is InChI=1S/C20H30O/c21-18(20-10-15-4-16(11-20)6-17(20)5-15)19-7-12-1-13(8-19)3-14(2-12)9-19/h12-18,21H,1-11H2/t12?,13?,14?,15-,16+,17?,18?,19?,20?. The molecular formula is C20H30O. The van der Waals surface area contributed by atoms with Gasteiger partial charge in [0.2, 0.25) is 0 Å². The van der Waals surface area contributed by atoms with E-state index in [1.54, 1.807) is 0 Å². The lowest BCUT2D eigenvalue weighted by molar-refractivity contribution is -0.169. The SMILES string of the molecule is OC(C12CC3CC(CC(C3)C1)C2)C12C[C@@H]3CC1C[C@@H](C3)C2. The Bertz CT molecular complexity index is 431. The number of aliphatic hydroxyl groups is 1. The van der Waals surface area contributed by atoms with Gasteiger partial charge in [0.1, 0.15) is 0 Å². The van der Waals surface area contributed by atoms with Gasteiger partial charge in [-0.2, -0.15) is 0 Å². The minimum Gasteiger partial charge on any atom is -0.392 e. The number of aliphatic hydroxyl groups excluding tert-OH is 1. The molecule has 0 radical (unpaired) electrons. The van der Waals surface area contributed by atoms with Crippen molar-refractivity contribution in [3.63, 3.8) is 0 Å². The maximum atomic E-state index is 11.7. The Morgan fingerprint density at radius 2 is 1.05 bits per heavy atom. The van der Waals surface area contributed by atoms with E-state index in [2.05, 4.69) is 0 Å². The number of hydrogen-bond donors (Lipinski definition) is 1. The van der Waals surface area contributed by atoms with Crippen molar-refractivity contribution in [2.75, 3.05) is 0 Å². The lowest BCUT2D eigenvalue weighted by Gasteiger charge is -2.61. The third-order valence-electron chi connectivity index (χ3n) is 9.26. The molecule has 0 aromatic rings. The van der Waals surface area contributed by atoms with Crippen molar-refractivity contribution in [3.8, 4) is 0 Å². The van der Waals surface area contributed by atoms with Crippen molar-refractivity contribution in [1.82, 2.24) is 0 Å². The quantitative estimate of drug-likeness (QED) is 0.798. The van der Waals surface area contributed by atoms with Gasteiger partial charge in [0.05, 0.1) is 6.10 Å². The Labute approximate surface area is 128 Å². The van der Waals surface area contributed by atoms with E-state index in [-0.39, 0.29) is 6.10 Å². The minimum atomic E-state index is 0.0682. The van der Waals surface area contributed by atoms with Gasteiger partial charge in [0.15, 0.2) is 0 Å². The predicted octanol–water partition coefficient (Wildman–Crippen LogP) is 4.39. The molecule has 0 aromatic heterocycles. The van der Waals surface area contributed by atoms with E-state index in [1.807, 2.05) is 0 Å². The molecule has 8 rings (SSSR count). The van der Waals surface area contributed by atoms with Gasteiger partial charge in [-0.05, 0) is 112 Å². The lowest BCUT2D eigenvalue weighted by atomic mass is 9.45. The summed E-state index contributed by atoms with van der Waals surface area (Å²) in [4.78, 5) is 0. The summed E-state index contributed by atoms with van der Waals surface area (Å²) in [6.45, 7) is 0. The summed E-state index contributed by atoms with van der Waals surface area (Å²) in [5.74, 6) is 5.84. The molecule has 1 N–H and O–H groups in total. The summed E-state index contributed by atoms with van der Waals surface area (Å²) in [7, 11) is 0. The van der Waals surface area contributed by atoms with E-state index in [0.29, 0.717) is 10.8 Å². The van der Waals surface area contributed by atoms with Crippen LogP contribution < -0.4 is 0 Å². The molecule has 21 heavy (non-hydrogen) atoms. The highest BCUT2D eigenvalue weighted by molar-refractivity contribution is 5.16. The molecule has 0 amide bonds. The van der Waals surface area contributed by atoms with Gasteiger partial charge in [-0.15, -0.1) is 0 Å². The van der Waals surface area contributed by atoms with Gasteiger partial charge in [0.25, 0.3) is 0 Å². The van der Waals surface area contributed by atoms with Crippen LogP contribution in [0.5, 0.6) is 0 Å². The molecule has 8 bridgehead atoms. The second-order valence-corrected chi connectivity index (χ2v) is 10.5. The van der Waals surface area contributed by atoms with Crippen LogP contribution in [-0.4, -0.2) is 11.2 Å². The molecule has 8 aliphatic rings. The zero-order valence-electron chi connectivity index (χ0n) is 13.3. The first kappa shape index (κ1) is 12.4.